The zero-order valence-corrected chi connectivity index (χ0v) is 10.4. The zero-order valence-electron chi connectivity index (χ0n) is 9.64. The number of alkyl halides is 1. The molecule has 15 heavy (non-hydrogen) atoms. The van der Waals surface area contributed by atoms with Crippen LogP contribution in [0.3, 0.4) is 0 Å². The van der Waals surface area contributed by atoms with Gasteiger partial charge in [0.2, 0.25) is 5.91 Å². The van der Waals surface area contributed by atoms with Gasteiger partial charge in [0.25, 0.3) is 0 Å². The van der Waals surface area contributed by atoms with Gasteiger partial charge in [-0.2, -0.15) is 0 Å². The van der Waals surface area contributed by atoms with Crippen LogP contribution in [0.4, 0.5) is 0 Å². The molecule has 0 aliphatic rings. The van der Waals surface area contributed by atoms with Crippen LogP contribution in [0.2, 0.25) is 0 Å². The average Bonchev–Trinajstić information content (AvgIpc) is 2.20. The molecule has 0 fully saturated rings. The van der Waals surface area contributed by atoms with Crippen molar-refractivity contribution >= 4 is 17.5 Å². The molecule has 0 spiro atoms. The van der Waals surface area contributed by atoms with E-state index in [1.165, 1.54) is 38.5 Å². The molecule has 0 saturated heterocycles. The Hall–Kier alpha value is -0.240. The third kappa shape index (κ3) is 13.8. The lowest BCUT2D eigenvalue weighted by Gasteiger charge is -2.01. The summed E-state index contributed by atoms with van der Waals surface area (Å²) >= 11 is 5.59. The average molecular weight is 234 g/mol. The van der Waals surface area contributed by atoms with Crippen molar-refractivity contribution in [2.75, 3.05) is 5.88 Å². The summed E-state index contributed by atoms with van der Waals surface area (Å²) in [6, 6.07) is 0. The fourth-order valence-electron chi connectivity index (χ4n) is 1.63. The van der Waals surface area contributed by atoms with Crippen molar-refractivity contribution in [1.82, 2.24) is 0 Å². The number of carbonyl (C=O) groups is 1. The fourth-order valence-corrected chi connectivity index (χ4v) is 1.82. The normalized spacial score (nSPS) is 10.5. The molecule has 0 unspecified atom stereocenters. The first-order valence-corrected chi connectivity index (χ1v) is 6.65. The molecular weight excluding hydrogens is 210 g/mol. The maximum absolute atomic E-state index is 10.4. The van der Waals surface area contributed by atoms with Crippen LogP contribution < -0.4 is 5.73 Å². The molecule has 90 valence electrons. The summed E-state index contributed by atoms with van der Waals surface area (Å²) < 4.78 is 0. The van der Waals surface area contributed by atoms with E-state index in [0.29, 0.717) is 6.42 Å². The lowest BCUT2D eigenvalue weighted by atomic mass is 10.1. The predicted octanol–water partition coefficient (Wildman–Crippen LogP) is 3.61. The van der Waals surface area contributed by atoms with Crippen molar-refractivity contribution in [2.24, 2.45) is 5.73 Å². The van der Waals surface area contributed by atoms with Gasteiger partial charge in [0.05, 0.1) is 0 Å². The van der Waals surface area contributed by atoms with Crippen molar-refractivity contribution in [3.63, 3.8) is 0 Å². The number of hydrogen-bond acceptors (Lipinski definition) is 1. The number of halogens is 1. The Morgan fingerprint density at radius 2 is 1.20 bits per heavy atom. The van der Waals surface area contributed by atoms with E-state index in [1.807, 2.05) is 0 Å². The number of carbonyl (C=O) groups excluding carboxylic acids is 1. The molecule has 2 N–H and O–H groups in total. The summed E-state index contributed by atoms with van der Waals surface area (Å²) in [5.41, 5.74) is 5.05. The second-order valence-corrected chi connectivity index (χ2v) is 4.47. The fraction of sp³-hybridized carbons (Fsp3) is 0.917. The molecule has 0 saturated carbocycles. The van der Waals surface area contributed by atoms with E-state index in [4.69, 9.17) is 17.3 Å². The van der Waals surface area contributed by atoms with Crippen LogP contribution in [0, 0.1) is 0 Å². The highest BCUT2D eigenvalue weighted by Crippen LogP contribution is 2.10. The van der Waals surface area contributed by atoms with Gasteiger partial charge in [-0.1, -0.05) is 44.9 Å². The van der Waals surface area contributed by atoms with E-state index >= 15 is 0 Å². The van der Waals surface area contributed by atoms with Crippen LogP contribution >= 0.6 is 11.6 Å². The first kappa shape index (κ1) is 14.8. The molecule has 0 aromatic carbocycles. The Kier molecular flexibility index (Phi) is 11.6. The number of unbranched alkanes of at least 4 members (excludes halogenated alkanes) is 8. The van der Waals surface area contributed by atoms with Gasteiger partial charge in [0, 0.05) is 12.3 Å². The zero-order chi connectivity index (χ0) is 11.4. The summed E-state index contributed by atoms with van der Waals surface area (Å²) in [7, 11) is 0. The molecule has 0 aromatic rings. The van der Waals surface area contributed by atoms with Gasteiger partial charge >= 0.3 is 0 Å². The van der Waals surface area contributed by atoms with Gasteiger partial charge in [-0.25, -0.2) is 0 Å². The Morgan fingerprint density at radius 3 is 1.60 bits per heavy atom. The van der Waals surface area contributed by atoms with Crippen LogP contribution in [0.1, 0.15) is 64.2 Å². The van der Waals surface area contributed by atoms with Gasteiger partial charge in [-0.15, -0.1) is 11.6 Å². The van der Waals surface area contributed by atoms with Crippen LogP contribution in [0.5, 0.6) is 0 Å². The third-order valence-corrected chi connectivity index (χ3v) is 2.82. The van der Waals surface area contributed by atoms with E-state index in [0.717, 1.165) is 25.1 Å². The van der Waals surface area contributed by atoms with Crippen LogP contribution in [0.25, 0.3) is 0 Å². The topological polar surface area (TPSA) is 43.1 Å². The van der Waals surface area contributed by atoms with Gasteiger partial charge in [-0.3, -0.25) is 4.79 Å². The minimum Gasteiger partial charge on any atom is -0.370 e. The standard InChI is InChI=1S/C12H24ClNO/c13-11-9-7-5-3-1-2-4-6-8-10-12(14)15/h1-11H2,(H2,14,15). The molecule has 0 heterocycles. The molecule has 0 bridgehead atoms. The molecule has 3 heteroatoms. The molecule has 0 aliphatic carbocycles. The highest BCUT2D eigenvalue weighted by atomic mass is 35.5. The van der Waals surface area contributed by atoms with E-state index in [9.17, 15) is 4.79 Å². The highest BCUT2D eigenvalue weighted by Gasteiger charge is 1.95. The molecule has 0 rings (SSSR count). The lowest BCUT2D eigenvalue weighted by molar-refractivity contribution is -0.118. The quantitative estimate of drug-likeness (QED) is 0.430. The number of nitrogens with two attached hydrogens (primary N) is 1. The van der Waals surface area contributed by atoms with E-state index in [2.05, 4.69) is 0 Å². The summed E-state index contributed by atoms with van der Waals surface area (Å²) in [4.78, 5) is 10.4. The Balaban J connectivity index is 2.89. The molecular formula is C12H24ClNO. The number of hydrogen-bond donors (Lipinski definition) is 1. The first-order chi connectivity index (χ1) is 7.27. The van der Waals surface area contributed by atoms with Gasteiger partial charge in [0.1, 0.15) is 0 Å². The molecule has 0 atom stereocenters. The maximum atomic E-state index is 10.4. The molecule has 0 aromatic heterocycles. The third-order valence-electron chi connectivity index (χ3n) is 2.56. The second-order valence-electron chi connectivity index (χ2n) is 4.09. The molecule has 1 amide bonds. The Labute approximate surface area is 98.6 Å². The van der Waals surface area contributed by atoms with Gasteiger partial charge in [0.15, 0.2) is 0 Å². The van der Waals surface area contributed by atoms with E-state index in [1.54, 1.807) is 0 Å². The van der Waals surface area contributed by atoms with Crippen molar-refractivity contribution in [3.05, 3.63) is 0 Å². The SMILES string of the molecule is NC(=O)CCCCCCCCCCCCl. The van der Waals surface area contributed by atoms with E-state index in [-0.39, 0.29) is 5.91 Å². The van der Waals surface area contributed by atoms with Crippen LogP contribution in [0.15, 0.2) is 0 Å². The van der Waals surface area contributed by atoms with E-state index < -0.39 is 0 Å². The summed E-state index contributed by atoms with van der Waals surface area (Å²) in [5.74, 6) is 0.628. The van der Waals surface area contributed by atoms with Crippen molar-refractivity contribution in [1.29, 1.82) is 0 Å². The van der Waals surface area contributed by atoms with Gasteiger partial charge < -0.3 is 5.73 Å². The van der Waals surface area contributed by atoms with Crippen LogP contribution in [-0.4, -0.2) is 11.8 Å². The Morgan fingerprint density at radius 1 is 0.800 bits per heavy atom. The second kappa shape index (κ2) is 11.8. The van der Waals surface area contributed by atoms with Gasteiger partial charge in [-0.05, 0) is 12.8 Å². The number of primary amides is 1. The Bertz CT molecular complexity index is 151. The lowest BCUT2D eigenvalue weighted by Crippen LogP contribution is -2.09. The number of rotatable bonds is 11. The smallest absolute Gasteiger partial charge is 0.217 e. The maximum Gasteiger partial charge on any atom is 0.217 e. The summed E-state index contributed by atoms with van der Waals surface area (Å²) in [5, 5.41) is 0. The minimum absolute atomic E-state index is 0.170. The largest absolute Gasteiger partial charge is 0.370 e. The summed E-state index contributed by atoms with van der Waals surface area (Å²) in [6.45, 7) is 0. The predicted molar refractivity (Wildman–Crippen MR) is 66.1 cm³/mol. The summed E-state index contributed by atoms with van der Waals surface area (Å²) in [6.07, 6.45) is 11.6. The van der Waals surface area contributed by atoms with Crippen LogP contribution in [-0.2, 0) is 4.79 Å². The van der Waals surface area contributed by atoms with Crippen molar-refractivity contribution in [3.8, 4) is 0 Å². The highest BCUT2D eigenvalue weighted by molar-refractivity contribution is 6.17. The minimum atomic E-state index is -0.170. The number of amides is 1. The molecule has 0 radical (unpaired) electrons. The van der Waals surface area contributed by atoms with Crippen molar-refractivity contribution in [2.45, 2.75) is 64.2 Å². The first-order valence-electron chi connectivity index (χ1n) is 6.11. The molecule has 2 nitrogen and oxygen atoms in total. The monoisotopic (exact) mass is 233 g/mol. The van der Waals surface area contributed by atoms with Crippen molar-refractivity contribution < 1.29 is 4.79 Å². The molecule has 0 aliphatic heterocycles.